The van der Waals surface area contributed by atoms with Gasteiger partial charge < -0.3 is 19.6 Å². The molecule has 4 aromatic rings. The number of furan rings is 1. The van der Waals surface area contributed by atoms with Crippen LogP contribution in [-0.2, 0) is 0 Å². The minimum atomic E-state index is -0.339. The molecule has 1 heterocycles. The van der Waals surface area contributed by atoms with Crippen molar-refractivity contribution in [3.63, 3.8) is 0 Å². The van der Waals surface area contributed by atoms with Crippen molar-refractivity contribution in [2.24, 2.45) is 4.99 Å². The molecule has 4 rings (SSSR count). The SMILES string of the molecule is CCOc1cccc(C=Nc2cccc(NC(=O)c3cc4ccccc4o3)c2)c1O. The van der Waals surface area contributed by atoms with Crippen molar-refractivity contribution in [2.45, 2.75) is 6.92 Å². The van der Waals surface area contributed by atoms with Crippen LogP contribution in [0.3, 0.4) is 0 Å². The molecular weight excluding hydrogens is 380 g/mol. The molecule has 0 saturated carbocycles. The second-order valence-corrected chi connectivity index (χ2v) is 6.54. The van der Waals surface area contributed by atoms with Crippen LogP contribution >= 0.6 is 0 Å². The summed E-state index contributed by atoms with van der Waals surface area (Å²) in [6, 6.07) is 21.5. The van der Waals surface area contributed by atoms with E-state index in [0.29, 0.717) is 34.9 Å². The van der Waals surface area contributed by atoms with Crippen LogP contribution < -0.4 is 10.1 Å². The van der Waals surface area contributed by atoms with Crippen LogP contribution in [0.5, 0.6) is 11.5 Å². The van der Waals surface area contributed by atoms with Gasteiger partial charge in [0.05, 0.1) is 12.3 Å². The molecule has 0 fully saturated rings. The predicted molar refractivity (Wildman–Crippen MR) is 117 cm³/mol. The molecule has 0 bridgehead atoms. The second kappa shape index (κ2) is 8.53. The first-order valence-corrected chi connectivity index (χ1v) is 9.53. The molecule has 0 unspecified atom stereocenters. The molecule has 1 amide bonds. The number of aliphatic imine (C=N–C) groups is 1. The number of phenols is 1. The van der Waals surface area contributed by atoms with E-state index in [9.17, 15) is 9.90 Å². The zero-order valence-electron chi connectivity index (χ0n) is 16.3. The first-order valence-electron chi connectivity index (χ1n) is 9.53. The monoisotopic (exact) mass is 400 g/mol. The predicted octanol–water partition coefficient (Wildman–Crippen LogP) is 5.54. The van der Waals surface area contributed by atoms with Crippen molar-refractivity contribution < 1.29 is 19.1 Å². The van der Waals surface area contributed by atoms with E-state index in [4.69, 9.17) is 9.15 Å². The summed E-state index contributed by atoms with van der Waals surface area (Å²) < 4.78 is 11.0. The van der Waals surface area contributed by atoms with Gasteiger partial charge in [0.1, 0.15) is 5.58 Å². The number of carbonyl (C=O) groups excluding carboxylic acids is 1. The van der Waals surface area contributed by atoms with Crippen LogP contribution in [0, 0.1) is 0 Å². The second-order valence-electron chi connectivity index (χ2n) is 6.54. The number of benzene rings is 3. The summed E-state index contributed by atoms with van der Waals surface area (Å²) in [5.74, 6) is 0.350. The molecule has 6 nitrogen and oxygen atoms in total. The number of amides is 1. The Kier molecular flexibility index (Phi) is 5.48. The smallest absolute Gasteiger partial charge is 0.291 e. The molecule has 0 aliphatic heterocycles. The van der Waals surface area contributed by atoms with Crippen molar-refractivity contribution in [1.82, 2.24) is 0 Å². The highest BCUT2D eigenvalue weighted by Gasteiger charge is 2.12. The van der Waals surface area contributed by atoms with E-state index in [2.05, 4.69) is 10.3 Å². The third kappa shape index (κ3) is 4.17. The van der Waals surface area contributed by atoms with E-state index >= 15 is 0 Å². The number of nitrogens with one attached hydrogen (secondary N) is 1. The first kappa shape index (κ1) is 19.3. The van der Waals surface area contributed by atoms with Crippen molar-refractivity contribution in [3.05, 3.63) is 84.1 Å². The van der Waals surface area contributed by atoms with E-state index in [1.54, 1.807) is 54.7 Å². The number of ether oxygens (including phenoxy) is 1. The van der Waals surface area contributed by atoms with Gasteiger partial charge in [0, 0.05) is 22.9 Å². The maximum absolute atomic E-state index is 12.5. The van der Waals surface area contributed by atoms with E-state index in [1.165, 1.54) is 0 Å². The van der Waals surface area contributed by atoms with Gasteiger partial charge in [0.25, 0.3) is 5.91 Å². The van der Waals surface area contributed by atoms with Gasteiger partial charge in [-0.25, -0.2) is 0 Å². The van der Waals surface area contributed by atoms with Crippen LogP contribution in [0.1, 0.15) is 23.0 Å². The van der Waals surface area contributed by atoms with E-state index in [-0.39, 0.29) is 17.4 Å². The molecule has 0 spiro atoms. The average molecular weight is 400 g/mol. The maximum Gasteiger partial charge on any atom is 0.291 e. The molecule has 0 radical (unpaired) electrons. The number of phenolic OH excluding ortho intramolecular Hbond substituents is 1. The van der Waals surface area contributed by atoms with Crippen molar-refractivity contribution >= 4 is 34.5 Å². The number of nitrogens with zero attached hydrogens (tertiary/aromatic N) is 1. The summed E-state index contributed by atoms with van der Waals surface area (Å²) in [6.07, 6.45) is 1.55. The lowest BCUT2D eigenvalue weighted by molar-refractivity contribution is 0.0998. The summed E-state index contributed by atoms with van der Waals surface area (Å²) in [7, 11) is 0. The van der Waals surface area contributed by atoms with Gasteiger partial charge in [-0.3, -0.25) is 9.79 Å². The first-order chi connectivity index (χ1) is 14.6. The minimum absolute atomic E-state index is 0.0393. The Morgan fingerprint density at radius 1 is 1.10 bits per heavy atom. The third-order valence-electron chi connectivity index (χ3n) is 4.44. The highest BCUT2D eigenvalue weighted by atomic mass is 16.5. The number of aromatic hydroxyl groups is 1. The largest absolute Gasteiger partial charge is 0.504 e. The van der Waals surface area contributed by atoms with Crippen LogP contribution in [0.25, 0.3) is 11.0 Å². The number of carbonyl (C=O) groups is 1. The van der Waals surface area contributed by atoms with Crippen molar-refractivity contribution in [2.75, 3.05) is 11.9 Å². The average Bonchev–Trinajstić information content (AvgIpc) is 3.19. The summed E-state index contributed by atoms with van der Waals surface area (Å²) >= 11 is 0. The van der Waals surface area contributed by atoms with Crippen LogP contribution in [0.4, 0.5) is 11.4 Å². The van der Waals surface area contributed by atoms with Gasteiger partial charge in [-0.05, 0) is 49.4 Å². The molecule has 1 aromatic heterocycles. The fourth-order valence-corrected chi connectivity index (χ4v) is 3.01. The van der Waals surface area contributed by atoms with Crippen LogP contribution in [0.2, 0.25) is 0 Å². The van der Waals surface area contributed by atoms with E-state index < -0.39 is 0 Å². The molecule has 0 saturated heterocycles. The molecule has 2 N–H and O–H groups in total. The summed E-state index contributed by atoms with van der Waals surface area (Å²) in [5.41, 5.74) is 2.41. The minimum Gasteiger partial charge on any atom is -0.504 e. The molecule has 0 aliphatic carbocycles. The molecule has 6 heteroatoms. The Hall–Kier alpha value is -4.06. The Morgan fingerprint density at radius 2 is 1.93 bits per heavy atom. The van der Waals surface area contributed by atoms with Gasteiger partial charge in [-0.2, -0.15) is 0 Å². The fraction of sp³-hybridized carbons (Fsp3) is 0.0833. The summed E-state index contributed by atoms with van der Waals surface area (Å²) in [5, 5.41) is 14.0. The molecule has 0 atom stereocenters. The number of fused-ring (bicyclic) bond motifs is 1. The van der Waals surface area contributed by atoms with E-state index in [1.807, 2.05) is 31.2 Å². The zero-order valence-corrected chi connectivity index (χ0v) is 16.3. The topological polar surface area (TPSA) is 84.1 Å². The van der Waals surface area contributed by atoms with Gasteiger partial charge in [-0.15, -0.1) is 0 Å². The number of rotatable bonds is 6. The highest BCUT2D eigenvalue weighted by Crippen LogP contribution is 2.29. The Morgan fingerprint density at radius 3 is 2.77 bits per heavy atom. The summed E-state index contributed by atoms with van der Waals surface area (Å²) in [6.45, 7) is 2.31. The fourth-order valence-electron chi connectivity index (χ4n) is 3.01. The maximum atomic E-state index is 12.5. The molecule has 3 aromatic carbocycles. The molecular formula is C24H20N2O4. The number of hydrogen-bond donors (Lipinski definition) is 2. The Labute approximate surface area is 173 Å². The number of para-hydroxylation sites is 2. The quantitative estimate of drug-likeness (QED) is 0.416. The molecule has 0 aliphatic rings. The normalized spacial score (nSPS) is 11.1. The standard InChI is InChI=1S/C24H20N2O4/c1-2-29-21-12-5-8-17(23(21)27)15-25-18-9-6-10-19(14-18)26-24(28)22-13-16-7-3-4-11-20(16)30-22/h3-15,27H,2H2,1H3,(H,26,28). The molecule has 150 valence electrons. The Bertz CT molecular complexity index is 1190. The van der Waals surface area contributed by atoms with Gasteiger partial charge in [0.2, 0.25) is 0 Å². The zero-order chi connectivity index (χ0) is 20.9. The lowest BCUT2D eigenvalue weighted by atomic mass is 10.2. The van der Waals surface area contributed by atoms with Gasteiger partial charge in [-0.1, -0.05) is 30.3 Å². The van der Waals surface area contributed by atoms with Crippen molar-refractivity contribution in [3.8, 4) is 11.5 Å². The number of hydrogen-bond acceptors (Lipinski definition) is 5. The summed E-state index contributed by atoms with van der Waals surface area (Å²) in [4.78, 5) is 16.9. The Balaban J connectivity index is 1.51. The molecule has 30 heavy (non-hydrogen) atoms. The van der Waals surface area contributed by atoms with Gasteiger partial charge >= 0.3 is 0 Å². The van der Waals surface area contributed by atoms with Crippen LogP contribution in [0.15, 0.2) is 82.2 Å². The van der Waals surface area contributed by atoms with E-state index in [0.717, 1.165) is 5.39 Å². The van der Waals surface area contributed by atoms with Gasteiger partial charge in [0.15, 0.2) is 17.3 Å². The van der Waals surface area contributed by atoms with Crippen LogP contribution in [-0.4, -0.2) is 23.8 Å². The highest BCUT2D eigenvalue weighted by molar-refractivity contribution is 6.04. The third-order valence-corrected chi connectivity index (χ3v) is 4.44. The van der Waals surface area contributed by atoms with Crippen molar-refractivity contribution in [1.29, 1.82) is 0 Å². The lowest BCUT2D eigenvalue weighted by Gasteiger charge is -2.07. The lowest BCUT2D eigenvalue weighted by Crippen LogP contribution is -2.10. The number of anilines is 1.